The molecule has 3 rings (SSSR count). The zero-order valence-electron chi connectivity index (χ0n) is 15.9. The topological polar surface area (TPSA) is 78.1 Å². The van der Waals surface area contributed by atoms with Crippen molar-refractivity contribution in [1.82, 2.24) is 20.2 Å². The number of nitrogens with one attached hydrogen (secondary N) is 2. The van der Waals surface area contributed by atoms with Gasteiger partial charge in [-0.1, -0.05) is 48.9 Å². The third-order valence-electron chi connectivity index (χ3n) is 4.76. The highest BCUT2D eigenvalue weighted by Crippen LogP contribution is 2.15. The summed E-state index contributed by atoms with van der Waals surface area (Å²) in [5.74, 6) is 0.432. The molecule has 2 aromatic carbocycles. The Morgan fingerprint density at radius 2 is 1.93 bits per heavy atom. The molecule has 28 heavy (non-hydrogen) atoms. The molecule has 0 saturated carbocycles. The van der Waals surface area contributed by atoms with E-state index in [2.05, 4.69) is 15.3 Å². The summed E-state index contributed by atoms with van der Waals surface area (Å²) in [4.78, 5) is 34.2. The number of para-hydroxylation sites is 1. The molecule has 1 unspecified atom stereocenters. The van der Waals surface area contributed by atoms with Gasteiger partial charge in [0.2, 0.25) is 5.91 Å². The lowest BCUT2D eigenvalue weighted by Crippen LogP contribution is -2.44. The smallest absolute Gasteiger partial charge is 0.258 e. The number of aromatic amines is 1. The SMILES string of the molecule is CCN(Cc1nc2ccccc2c(=O)[nH]1)C(C)C(=O)NCc1ccccc1Cl. The molecule has 0 aliphatic heterocycles. The Kier molecular flexibility index (Phi) is 6.44. The highest BCUT2D eigenvalue weighted by molar-refractivity contribution is 6.31. The number of hydrogen-bond donors (Lipinski definition) is 2. The van der Waals surface area contributed by atoms with Crippen molar-refractivity contribution in [3.63, 3.8) is 0 Å². The van der Waals surface area contributed by atoms with Crippen molar-refractivity contribution in [2.75, 3.05) is 6.54 Å². The Bertz CT molecular complexity index is 1030. The van der Waals surface area contributed by atoms with Gasteiger partial charge in [-0.3, -0.25) is 14.5 Å². The van der Waals surface area contributed by atoms with Gasteiger partial charge in [-0.25, -0.2) is 4.98 Å². The molecule has 0 saturated heterocycles. The molecule has 1 amide bonds. The maximum absolute atomic E-state index is 12.6. The second-order valence-electron chi connectivity index (χ2n) is 6.58. The molecule has 0 spiro atoms. The van der Waals surface area contributed by atoms with Crippen LogP contribution in [0, 0.1) is 0 Å². The normalized spacial score (nSPS) is 12.3. The first kappa shape index (κ1) is 20.0. The van der Waals surface area contributed by atoms with Gasteiger partial charge in [0.15, 0.2) is 0 Å². The number of rotatable bonds is 7. The molecule has 1 atom stereocenters. The molecule has 1 heterocycles. The van der Waals surface area contributed by atoms with E-state index in [-0.39, 0.29) is 17.5 Å². The largest absolute Gasteiger partial charge is 0.351 e. The van der Waals surface area contributed by atoms with Crippen LogP contribution in [0.5, 0.6) is 0 Å². The fourth-order valence-electron chi connectivity index (χ4n) is 3.06. The lowest BCUT2D eigenvalue weighted by atomic mass is 10.2. The second-order valence-corrected chi connectivity index (χ2v) is 6.99. The second kappa shape index (κ2) is 8.99. The molecule has 2 N–H and O–H groups in total. The third kappa shape index (κ3) is 4.58. The number of H-pyrrole nitrogens is 1. The number of fused-ring (bicyclic) bond motifs is 1. The van der Waals surface area contributed by atoms with Crippen LogP contribution in [0.3, 0.4) is 0 Å². The number of aromatic nitrogens is 2. The van der Waals surface area contributed by atoms with Crippen LogP contribution in [-0.2, 0) is 17.9 Å². The fourth-order valence-corrected chi connectivity index (χ4v) is 3.26. The predicted molar refractivity (Wildman–Crippen MR) is 111 cm³/mol. The van der Waals surface area contributed by atoms with Crippen LogP contribution in [0.25, 0.3) is 10.9 Å². The van der Waals surface area contributed by atoms with E-state index >= 15 is 0 Å². The first-order valence-corrected chi connectivity index (χ1v) is 9.60. The van der Waals surface area contributed by atoms with Gasteiger partial charge in [0, 0.05) is 11.6 Å². The van der Waals surface area contributed by atoms with Gasteiger partial charge in [-0.05, 0) is 37.2 Å². The minimum atomic E-state index is -0.385. The van der Waals surface area contributed by atoms with Crippen molar-refractivity contribution < 1.29 is 4.79 Å². The monoisotopic (exact) mass is 398 g/mol. The summed E-state index contributed by atoms with van der Waals surface area (Å²) >= 11 is 6.14. The van der Waals surface area contributed by atoms with Gasteiger partial charge >= 0.3 is 0 Å². The zero-order chi connectivity index (χ0) is 20.1. The number of likely N-dealkylation sites (N-methyl/N-ethyl adjacent to an activating group) is 1. The van der Waals surface area contributed by atoms with Crippen LogP contribution in [-0.4, -0.2) is 33.4 Å². The van der Waals surface area contributed by atoms with Crippen LogP contribution in [0.2, 0.25) is 5.02 Å². The first-order chi connectivity index (χ1) is 13.5. The molecule has 146 valence electrons. The summed E-state index contributed by atoms with van der Waals surface area (Å²) in [6, 6.07) is 14.2. The molecular formula is C21H23ClN4O2. The minimum Gasteiger partial charge on any atom is -0.351 e. The highest BCUT2D eigenvalue weighted by atomic mass is 35.5. The Balaban J connectivity index is 1.69. The van der Waals surface area contributed by atoms with Gasteiger partial charge < -0.3 is 10.3 Å². The number of halogens is 1. The fraction of sp³-hybridized carbons (Fsp3) is 0.286. The van der Waals surface area contributed by atoms with Gasteiger partial charge in [-0.2, -0.15) is 0 Å². The number of carbonyl (C=O) groups excluding carboxylic acids is 1. The summed E-state index contributed by atoms with van der Waals surface area (Å²) in [6.07, 6.45) is 0. The Morgan fingerprint density at radius 1 is 1.21 bits per heavy atom. The Morgan fingerprint density at radius 3 is 2.68 bits per heavy atom. The zero-order valence-corrected chi connectivity index (χ0v) is 16.7. The quantitative estimate of drug-likeness (QED) is 0.641. The van der Waals surface area contributed by atoms with E-state index in [1.54, 1.807) is 12.1 Å². The van der Waals surface area contributed by atoms with E-state index in [1.807, 2.05) is 55.1 Å². The lowest BCUT2D eigenvalue weighted by Gasteiger charge is -2.26. The molecule has 3 aromatic rings. The molecule has 0 fully saturated rings. The lowest BCUT2D eigenvalue weighted by molar-refractivity contribution is -0.126. The molecule has 0 aliphatic carbocycles. The predicted octanol–water partition coefficient (Wildman–Crippen LogP) is 3.10. The highest BCUT2D eigenvalue weighted by Gasteiger charge is 2.21. The van der Waals surface area contributed by atoms with Gasteiger partial charge in [0.25, 0.3) is 5.56 Å². The van der Waals surface area contributed by atoms with Crippen LogP contribution in [0.1, 0.15) is 25.2 Å². The van der Waals surface area contributed by atoms with Crippen LogP contribution in [0.15, 0.2) is 53.3 Å². The minimum absolute atomic E-state index is 0.107. The summed E-state index contributed by atoms with van der Waals surface area (Å²) in [5, 5.41) is 4.10. The van der Waals surface area contributed by atoms with E-state index in [0.717, 1.165) is 5.56 Å². The first-order valence-electron chi connectivity index (χ1n) is 9.22. The van der Waals surface area contributed by atoms with Crippen molar-refractivity contribution in [2.24, 2.45) is 0 Å². The number of carbonyl (C=O) groups is 1. The number of benzene rings is 2. The summed E-state index contributed by atoms with van der Waals surface area (Å²) in [5.41, 5.74) is 1.34. The molecule has 1 aromatic heterocycles. The molecule has 0 bridgehead atoms. The maximum Gasteiger partial charge on any atom is 0.258 e. The average Bonchev–Trinajstić information content (AvgIpc) is 2.70. The van der Waals surface area contributed by atoms with E-state index < -0.39 is 0 Å². The van der Waals surface area contributed by atoms with Crippen molar-refractivity contribution >= 4 is 28.4 Å². The van der Waals surface area contributed by atoms with E-state index in [0.29, 0.717) is 41.4 Å². The van der Waals surface area contributed by atoms with Gasteiger partial charge in [0.1, 0.15) is 5.82 Å². The van der Waals surface area contributed by atoms with Crippen molar-refractivity contribution in [1.29, 1.82) is 0 Å². The van der Waals surface area contributed by atoms with Gasteiger partial charge in [-0.15, -0.1) is 0 Å². The van der Waals surface area contributed by atoms with Crippen molar-refractivity contribution in [2.45, 2.75) is 33.0 Å². The number of nitrogens with zero attached hydrogens (tertiary/aromatic N) is 2. The Labute approximate surface area is 168 Å². The molecule has 0 aliphatic rings. The average molecular weight is 399 g/mol. The summed E-state index contributed by atoms with van der Waals surface area (Å²) in [6.45, 7) is 5.18. The molecule has 6 nitrogen and oxygen atoms in total. The van der Waals surface area contributed by atoms with Gasteiger partial charge in [0.05, 0.1) is 23.5 Å². The summed E-state index contributed by atoms with van der Waals surface area (Å²) < 4.78 is 0. The van der Waals surface area contributed by atoms with Crippen LogP contribution < -0.4 is 10.9 Å². The number of hydrogen-bond acceptors (Lipinski definition) is 4. The van der Waals surface area contributed by atoms with Crippen molar-refractivity contribution in [3.8, 4) is 0 Å². The molecule has 7 heteroatoms. The van der Waals surface area contributed by atoms with Crippen LogP contribution >= 0.6 is 11.6 Å². The standard InChI is InChI=1S/C21H23ClN4O2/c1-3-26(13-19-24-18-11-7-5-9-16(18)21(28)25-19)14(2)20(27)23-12-15-8-4-6-10-17(15)22/h4-11,14H,3,12-13H2,1-2H3,(H,23,27)(H,24,25,28). The Hall–Kier alpha value is -2.70. The van der Waals surface area contributed by atoms with Crippen LogP contribution in [0.4, 0.5) is 0 Å². The van der Waals surface area contributed by atoms with E-state index in [4.69, 9.17) is 11.6 Å². The molecule has 0 radical (unpaired) electrons. The van der Waals surface area contributed by atoms with Crippen molar-refractivity contribution in [3.05, 3.63) is 75.3 Å². The summed E-state index contributed by atoms with van der Waals surface area (Å²) in [7, 11) is 0. The molecular weight excluding hydrogens is 376 g/mol. The maximum atomic E-state index is 12.6. The van der Waals surface area contributed by atoms with E-state index in [1.165, 1.54) is 0 Å². The third-order valence-corrected chi connectivity index (χ3v) is 5.13. The van der Waals surface area contributed by atoms with E-state index in [9.17, 15) is 9.59 Å². The number of amides is 1.